The number of thioether (sulfide) groups is 1. The average molecular weight is 240 g/mol. The lowest BCUT2D eigenvalue weighted by Crippen LogP contribution is -2.25. The summed E-state index contributed by atoms with van der Waals surface area (Å²) in [6.45, 7) is 5.93. The lowest BCUT2D eigenvalue weighted by atomic mass is 10.2. The minimum Gasteiger partial charge on any atom is -0.465 e. The van der Waals surface area contributed by atoms with Gasteiger partial charge in [-0.1, -0.05) is 0 Å². The quantitative estimate of drug-likeness (QED) is 0.877. The first kappa shape index (κ1) is 12.0. The van der Waals surface area contributed by atoms with Crippen molar-refractivity contribution >= 4 is 11.8 Å². The van der Waals surface area contributed by atoms with E-state index in [1.165, 1.54) is 36.6 Å². The summed E-state index contributed by atoms with van der Waals surface area (Å²) in [5.74, 6) is 4.48. The Hall–Kier alpha value is -0.450. The molecule has 0 amide bonds. The number of nitrogens with two attached hydrogens (primary N) is 1. The summed E-state index contributed by atoms with van der Waals surface area (Å²) < 4.78 is 5.58. The molecule has 3 nitrogen and oxygen atoms in total. The van der Waals surface area contributed by atoms with Gasteiger partial charge in [-0.25, -0.2) is 0 Å². The van der Waals surface area contributed by atoms with E-state index in [9.17, 15) is 0 Å². The first-order valence-corrected chi connectivity index (χ1v) is 7.03. The molecule has 2 N–H and O–H groups in total. The molecule has 4 heteroatoms. The van der Waals surface area contributed by atoms with Crippen molar-refractivity contribution in [3.05, 3.63) is 23.2 Å². The number of hydrogen-bond acceptors (Lipinski definition) is 4. The molecule has 90 valence electrons. The Morgan fingerprint density at radius 3 is 3.06 bits per heavy atom. The molecule has 0 aliphatic carbocycles. The number of aryl methyl sites for hydroxylation is 1. The molecule has 2 rings (SSSR count). The number of nitrogens with zero attached hydrogens (tertiary/aromatic N) is 1. The molecular weight excluding hydrogens is 220 g/mol. The van der Waals surface area contributed by atoms with Gasteiger partial charge in [-0.05, 0) is 31.7 Å². The maximum atomic E-state index is 5.58. The minimum absolute atomic E-state index is 0.497. The molecule has 2 heterocycles. The lowest BCUT2D eigenvalue weighted by Gasteiger charge is -2.18. The van der Waals surface area contributed by atoms with E-state index >= 15 is 0 Å². The van der Waals surface area contributed by atoms with Crippen molar-refractivity contribution in [2.75, 3.05) is 24.6 Å². The van der Waals surface area contributed by atoms with E-state index in [1.807, 2.05) is 6.92 Å². The largest absolute Gasteiger partial charge is 0.465 e. The van der Waals surface area contributed by atoms with E-state index in [0.717, 1.165) is 18.1 Å². The number of hydrogen-bond donors (Lipinski definition) is 1. The van der Waals surface area contributed by atoms with Crippen LogP contribution in [-0.4, -0.2) is 29.5 Å². The van der Waals surface area contributed by atoms with Crippen LogP contribution in [0.1, 0.15) is 23.5 Å². The second-order valence-corrected chi connectivity index (χ2v) is 5.47. The van der Waals surface area contributed by atoms with Gasteiger partial charge in [0.25, 0.3) is 0 Å². The Bertz CT molecular complexity index is 330. The third-order valence-corrected chi connectivity index (χ3v) is 4.03. The summed E-state index contributed by atoms with van der Waals surface area (Å²) in [5, 5.41) is 0. The third kappa shape index (κ3) is 3.03. The Morgan fingerprint density at radius 2 is 2.31 bits per heavy atom. The topological polar surface area (TPSA) is 42.4 Å². The predicted octanol–water partition coefficient (Wildman–Crippen LogP) is 1.99. The van der Waals surface area contributed by atoms with Gasteiger partial charge >= 0.3 is 0 Å². The minimum atomic E-state index is 0.497. The van der Waals surface area contributed by atoms with Crippen molar-refractivity contribution in [1.82, 2.24) is 4.90 Å². The summed E-state index contributed by atoms with van der Waals surface area (Å²) in [4.78, 5) is 2.51. The molecule has 0 unspecified atom stereocenters. The van der Waals surface area contributed by atoms with Crippen molar-refractivity contribution in [1.29, 1.82) is 0 Å². The second-order valence-electron chi connectivity index (χ2n) is 4.24. The van der Waals surface area contributed by atoms with Gasteiger partial charge in [-0.2, -0.15) is 11.8 Å². The standard InChI is InChI=1S/C12H20N2OS/c1-10-11(7-12(8-13)15-10)9-14-3-2-5-16-6-4-14/h7H,2-6,8-9,13H2,1H3. The SMILES string of the molecule is Cc1oc(CN)cc1CN1CCCSCC1. The van der Waals surface area contributed by atoms with Crippen LogP contribution in [0.3, 0.4) is 0 Å². The Kier molecular flexibility index (Phi) is 4.32. The molecular formula is C12H20N2OS. The molecule has 0 bridgehead atoms. The third-order valence-electron chi connectivity index (χ3n) is 2.98. The highest BCUT2D eigenvalue weighted by molar-refractivity contribution is 7.99. The molecule has 0 spiro atoms. The molecule has 0 radical (unpaired) electrons. The summed E-state index contributed by atoms with van der Waals surface area (Å²) in [5.41, 5.74) is 6.88. The van der Waals surface area contributed by atoms with Crippen LogP contribution in [0.25, 0.3) is 0 Å². The summed E-state index contributed by atoms with van der Waals surface area (Å²) in [6, 6.07) is 2.10. The van der Waals surface area contributed by atoms with Crippen LogP contribution in [0.2, 0.25) is 0 Å². The highest BCUT2D eigenvalue weighted by Gasteiger charge is 2.13. The highest BCUT2D eigenvalue weighted by atomic mass is 32.2. The smallest absolute Gasteiger partial charge is 0.118 e. The fraction of sp³-hybridized carbons (Fsp3) is 0.667. The molecule has 1 aromatic heterocycles. The van der Waals surface area contributed by atoms with Gasteiger partial charge in [0.15, 0.2) is 0 Å². The van der Waals surface area contributed by atoms with E-state index < -0.39 is 0 Å². The second kappa shape index (κ2) is 5.75. The van der Waals surface area contributed by atoms with E-state index in [-0.39, 0.29) is 0 Å². The van der Waals surface area contributed by atoms with E-state index in [1.54, 1.807) is 0 Å². The van der Waals surface area contributed by atoms with Gasteiger partial charge in [0.2, 0.25) is 0 Å². The fourth-order valence-electron chi connectivity index (χ4n) is 2.04. The molecule has 1 aromatic rings. The van der Waals surface area contributed by atoms with Gasteiger partial charge in [0.05, 0.1) is 6.54 Å². The van der Waals surface area contributed by atoms with Crippen LogP contribution < -0.4 is 5.73 Å². The maximum Gasteiger partial charge on any atom is 0.118 e. The average Bonchev–Trinajstić information content (AvgIpc) is 2.51. The molecule has 1 saturated heterocycles. The Labute approximate surface area is 101 Å². The highest BCUT2D eigenvalue weighted by Crippen LogP contribution is 2.18. The summed E-state index contributed by atoms with van der Waals surface area (Å²) in [6.07, 6.45) is 1.30. The van der Waals surface area contributed by atoms with E-state index in [2.05, 4.69) is 22.7 Å². The first-order valence-electron chi connectivity index (χ1n) is 5.88. The van der Waals surface area contributed by atoms with Crippen LogP contribution in [0, 0.1) is 6.92 Å². The van der Waals surface area contributed by atoms with Gasteiger partial charge in [0.1, 0.15) is 11.5 Å². The molecule has 16 heavy (non-hydrogen) atoms. The Morgan fingerprint density at radius 1 is 1.44 bits per heavy atom. The summed E-state index contributed by atoms with van der Waals surface area (Å²) >= 11 is 2.06. The van der Waals surface area contributed by atoms with Crippen LogP contribution in [-0.2, 0) is 13.1 Å². The molecule has 0 saturated carbocycles. The number of furan rings is 1. The van der Waals surface area contributed by atoms with Crippen molar-refractivity contribution in [2.45, 2.75) is 26.4 Å². The number of rotatable bonds is 3. The summed E-state index contributed by atoms with van der Waals surface area (Å²) in [7, 11) is 0. The first-order chi connectivity index (χ1) is 7.79. The maximum absolute atomic E-state index is 5.58. The molecule has 0 aromatic carbocycles. The van der Waals surface area contributed by atoms with Crippen molar-refractivity contribution in [3.8, 4) is 0 Å². The van der Waals surface area contributed by atoms with Crippen molar-refractivity contribution in [2.24, 2.45) is 5.73 Å². The van der Waals surface area contributed by atoms with Gasteiger partial charge in [-0.15, -0.1) is 0 Å². The Balaban J connectivity index is 1.98. The van der Waals surface area contributed by atoms with Crippen LogP contribution in [0.4, 0.5) is 0 Å². The van der Waals surface area contributed by atoms with Crippen LogP contribution in [0.5, 0.6) is 0 Å². The van der Waals surface area contributed by atoms with Crippen LogP contribution >= 0.6 is 11.8 Å². The molecule has 0 atom stereocenters. The fourth-order valence-corrected chi connectivity index (χ4v) is 2.97. The van der Waals surface area contributed by atoms with Gasteiger partial charge in [-0.3, -0.25) is 4.90 Å². The predicted molar refractivity (Wildman–Crippen MR) is 68.6 cm³/mol. The zero-order valence-electron chi connectivity index (χ0n) is 9.87. The van der Waals surface area contributed by atoms with Crippen LogP contribution in [0.15, 0.2) is 10.5 Å². The van der Waals surface area contributed by atoms with Crippen molar-refractivity contribution < 1.29 is 4.42 Å². The van der Waals surface area contributed by atoms with E-state index in [0.29, 0.717) is 6.54 Å². The zero-order valence-corrected chi connectivity index (χ0v) is 10.7. The van der Waals surface area contributed by atoms with Gasteiger partial charge in [0, 0.05) is 24.4 Å². The monoisotopic (exact) mass is 240 g/mol. The normalized spacial score (nSPS) is 18.6. The zero-order chi connectivity index (χ0) is 11.4. The van der Waals surface area contributed by atoms with Crippen molar-refractivity contribution in [3.63, 3.8) is 0 Å². The molecule has 1 fully saturated rings. The van der Waals surface area contributed by atoms with E-state index in [4.69, 9.17) is 10.2 Å². The molecule has 1 aliphatic heterocycles. The lowest BCUT2D eigenvalue weighted by molar-refractivity contribution is 0.285. The molecule has 1 aliphatic rings. The van der Waals surface area contributed by atoms with Gasteiger partial charge < -0.3 is 10.2 Å².